The van der Waals surface area contributed by atoms with E-state index in [4.69, 9.17) is 4.74 Å². The second kappa shape index (κ2) is 6.60. The van der Waals surface area contributed by atoms with Crippen molar-refractivity contribution in [1.29, 1.82) is 0 Å². The number of carbonyl (C=O) groups excluding carboxylic acids is 1. The van der Waals surface area contributed by atoms with Crippen LogP contribution in [-0.2, 0) is 4.74 Å². The molecule has 0 bridgehead atoms. The molecule has 6 nitrogen and oxygen atoms in total. The molecule has 23 heavy (non-hydrogen) atoms. The molecule has 0 N–H and O–H groups in total. The molecular formula is C17H22N4O2. The monoisotopic (exact) mass is 314 g/mol. The van der Waals surface area contributed by atoms with Gasteiger partial charge in [-0.1, -0.05) is 6.07 Å². The van der Waals surface area contributed by atoms with Crippen LogP contribution in [0.1, 0.15) is 16.8 Å². The van der Waals surface area contributed by atoms with Gasteiger partial charge in [0.15, 0.2) is 0 Å². The fourth-order valence-electron chi connectivity index (χ4n) is 3.18. The summed E-state index contributed by atoms with van der Waals surface area (Å²) in [6.07, 6.45) is 4.45. The molecular weight excluding hydrogens is 292 g/mol. The van der Waals surface area contributed by atoms with Crippen LogP contribution in [0.2, 0.25) is 0 Å². The number of carbonyl (C=O) groups is 1. The highest BCUT2D eigenvalue weighted by Crippen LogP contribution is 2.20. The van der Waals surface area contributed by atoms with Crippen LogP contribution in [0.5, 0.6) is 0 Å². The topological polar surface area (TPSA) is 58.6 Å². The van der Waals surface area contributed by atoms with Crippen molar-refractivity contribution >= 4 is 16.9 Å². The molecule has 1 aliphatic heterocycles. The minimum Gasteiger partial charge on any atom is -0.380 e. The van der Waals surface area contributed by atoms with Crippen molar-refractivity contribution in [2.24, 2.45) is 0 Å². The normalized spacial score (nSPS) is 21.7. The van der Waals surface area contributed by atoms with E-state index in [2.05, 4.69) is 21.9 Å². The summed E-state index contributed by atoms with van der Waals surface area (Å²) in [6, 6.07) is 5.84. The van der Waals surface area contributed by atoms with Crippen LogP contribution in [0.4, 0.5) is 0 Å². The summed E-state index contributed by atoms with van der Waals surface area (Å²) in [7, 11) is 5.65. The van der Waals surface area contributed by atoms with E-state index in [1.807, 2.05) is 25.2 Å². The fraction of sp³-hybridized carbons (Fsp3) is 0.471. The van der Waals surface area contributed by atoms with E-state index in [-0.39, 0.29) is 12.0 Å². The van der Waals surface area contributed by atoms with Crippen molar-refractivity contribution in [3.05, 3.63) is 36.2 Å². The minimum atomic E-state index is -0.0228. The second-order valence-corrected chi connectivity index (χ2v) is 6.10. The number of hydrogen-bond donors (Lipinski definition) is 0. The first-order chi connectivity index (χ1) is 11.1. The lowest BCUT2D eigenvalue weighted by Crippen LogP contribution is -2.39. The smallest absolute Gasteiger partial charge is 0.255 e. The van der Waals surface area contributed by atoms with E-state index in [0.717, 1.165) is 18.5 Å². The van der Waals surface area contributed by atoms with Crippen molar-refractivity contribution in [1.82, 2.24) is 19.8 Å². The van der Waals surface area contributed by atoms with Gasteiger partial charge in [-0.15, -0.1) is 0 Å². The van der Waals surface area contributed by atoms with Crippen LogP contribution >= 0.6 is 0 Å². The summed E-state index contributed by atoms with van der Waals surface area (Å²) >= 11 is 0. The van der Waals surface area contributed by atoms with Crippen molar-refractivity contribution in [3.63, 3.8) is 0 Å². The molecule has 1 aromatic heterocycles. The number of likely N-dealkylation sites (tertiary alicyclic amines) is 1. The molecule has 1 aromatic carbocycles. The van der Waals surface area contributed by atoms with Crippen molar-refractivity contribution in [2.45, 2.75) is 18.6 Å². The Labute approximate surface area is 136 Å². The van der Waals surface area contributed by atoms with Gasteiger partial charge < -0.3 is 9.64 Å². The van der Waals surface area contributed by atoms with Gasteiger partial charge in [0.2, 0.25) is 0 Å². The average Bonchev–Trinajstić information content (AvgIpc) is 2.93. The summed E-state index contributed by atoms with van der Waals surface area (Å²) in [6.45, 7) is 1.58. The lowest BCUT2D eigenvalue weighted by atomic mass is 10.1. The summed E-state index contributed by atoms with van der Waals surface area (Å²) in [5.41, 5.74) is 1.99. The number of benzene rings is 1. The number of likely N-dealkylation sites (N-methyl/N-ethyl adjacent to an activating group) is 2. The quantitative estimate of drug-likeness (QED) is 0.854. The molecule has 2 heterocycles. The molecule has 6 heteroatoms. The molecule has 0 saturated carbocycles. The maximum atomic E-state index is 12.8. The second-order valence-electron chi connectivity index (χ2n) is 6.10. The van der Waals surface area contributed by atoms with Crippen LogP contribution in [0.25, 0.3) is 11.0 Å². The Morgan fingerprint density at radius 2 is 2.17 bits per heavy atom. The molecule has 0 unspecified atom stereocenters. The summed E-state index contributed by atoms with van der Waals surface area (Å²) < 4.78 is 5.43. The van der Waals surface area contributed by atoms with Crippen molar-refractivity contribution in [2.75, 3.05) is 34.3 Å². The SMILES string of the molecule is CO[C@H]1C[C@@H](CN(C)C(=O)c2cccc3nccnc23)N(C)C1. The molecule has 1 aliphatic rings. The summed E-state index contributed by atoms with van der Waals surface area (Å²) in [5, 5.41) is 0. The Hall–Kier alpha value is -2.05. The molecule has 1 fully saturated rings. The number of para-hydroxylation sites is 1. The molecule has 2 aromatic rings. The summed E-state index contributed by atoms with van der Waals surface area (Å²) in [5.74, 6) is -0.0228. The molecule has 1 saturated heterocycles. The van der Waals surface area contributed by atoms with Crippen molar-refractivity contribution in [3.8, 4) is 0 Å². The first-order valence-corrected chi connectivity index (χ1v) is 7.78. The minimum absolute atomic E-state index is 0.0228. The zero-order valence-electron chi connectivity index (χ0n) is 13.8. The van der Waals surface area contributed by atoms with E-state index in [1.54, 1.807) is 24.4 Å². The van der Waals surface area contributed by atoms with Gasteiger partial charge >= 0.3 is 0 Å². The Morgan fingerprint density at radius 3 is 2.91 bits per heavy atom. The number of rotatable bonds is 4. The molecule has 3 rings (SSSR count). The predicted octanol–water partition coefficient (Wildman–Crippen LogP) is 1.42. The molecule has 1 amide bonds. The van der Waals surface area contributed by atoms with Gasteiger partial charge in [-0.25, -0.2) is 0 Å². The molecule has 0 spiro atoms. The standard InChI is InChI=1S/C17H22N4O2/c1-20-11-13(23-3)9-12(20)10-21(2)17(22)14-5-4-6-15-16(14)19-8-7-18-15/h4-8,12-13H,9-11H2,1-3H3/t12-,13-/m0/s1. The zero-order chi connectivity index (χ0) is 16.4. The Kier molecular flexibility index (Phi) is 4.54. The van der Waals surface area contributed by atoms with Crippen LogP contribution in [0, 0.1) is 0 Å². The molecule has 0 radical (unpaired) electrons. The highest BCUT2D eigenvalue weighted by molar-refractivity contribution is 6.04. The number of ether oxygens (including phenoxy) is 1. The van der Waals surface area contributed by atoms with Crippen LogP contribution < -0.4 is 0 Å². The van der Waals surface area contributed by atoms with Crippen LogP contribution in [0.15, 0.2) is 30.6 Å². The molecule has 122 valence electrons. The van der Waals surface area contributed by atoms with E-state index < -0.39 is 0 Å². The third-order valence-corrected chi connectivity index (χ3v) is 4.54. The van der Waals surface area contributed by atoms with Gasteiger partial charge in [-0.3, -0.25) is 19.7 Å². The predicted molar refractivity (Wildman–Crippen MR) is 88.3 cm³/mol. The van der Waals surface area contributed by atoms with Gasteiger partial charge in [0.1, 0.15) is 5.52 Å². The van der Waals surface area contributed by atoms with E-state index in [1.165, 1.54) is 0 Å². The van der Waals surface area contributed by atoms with Crippen LogP contribution in [0.3, 0.4) is 0 Å². The van der Waals surface area contributed by atoms with Gasteiger partial charge in [-0.05, 0) is 25.6 Å². The third kappa shape index (κ3) is 3.18. The lowest BCUT2D eigenvalue weighted by Gasteiger charge is -2.25. The third-order valence-electron chi connectivity index (χ3n) is 4.54. The maximum absolute atomic E-state index is 12.8. The number of amides is 1. The number of hydrogen-bond acceptors (Lipinski definition) is 5. The number of nitrogens with zero attached hydrogens (tertiary/aromatic N) is 4. The van der Waals surface area contributed by atoms with E-state index >= 15 is 0 Å². The molecule has 0 aliphatic carbocycles. The van der Waals surface area contributed by atoms with Crippen molar-refractivity contribution < 1.29 is 9.53 Å². The number of methoxy groups -OCH3 is 1. The Bertz CT molecular complexity index is 701. The van der Waals surface area contributed by atoms with Gasteiger partial charge in [0, 0.05) is 45.7 Å². The van der Waals surface area contributed by atoms with Gasteiger partial charge in [0.25, 0.3) is 5.91 Å². The molecule has 2 atom stereocenters. The maximum Gasteiger partial charge on any atom is 0.255 e. The van der Waals surface area contributed by atoms with E-state index in [9.17, 15) is 4.79 Å². The Morgan fingerprint density at radius 1 is 1.39 bits per heavy atom. The highest BCUT2D eigenvalue weighted by atomic mass is 16.5. The number of aromatic nitrogens is 2. The lowest BCUT2D eigenvalue weighted by molar-refractivity contribution is 0.0762. The van der Waals surface area contributed by atoms with E-state index in [0.29, 0.717) is 23.7 Å². The number of fused-ring (bicyclic) bond motifs is 1. The fourth-order valence-corrected chi connectivity index (χ4v) is 3.18. The average molecular weight is 314 g/mol. The summed E-state index contributed by atoms with van der Waals surface area (Å²) in [4.78, 5) is 25.4. The Balaban J connectivity index is 1.77. The first-order valence-electron chi connectivity index (χ1n) is 7.78. The first kappa shape index (κ1) is 15.8. The van der Waals surface area contributed by atoms with Crippen LogP contribution in [-0.4, -0.2) is 72.1 Å². The highest BCUT2D eigenvalue weighted by Gasteiger charge is 2.31. The van der Waals surface area contributed by atoms with Gasteiger partial charge in [-0.2, -0.15) is 0 Å². The zero-order valence-corrected chi connectivity index (χ0v) is 13.8. The van der Waals surface area contributed by atoms with Gasteiger partial charge in [0.05, 0.1) is 17.2 Å². The largest absolute Gasteiger partial charge is 0.380 e.